The van der Waals surface area contributed by atoms with Crippen molar-refractivity contribution in [3.8, 4) is 0 Å². The van der Waals surface area contributed by atoms with E-state index >= 15 is 0 Å². The van der Waals surface area contributed by atoms with Gasteiger partial charge < -0.3 is 0 Å². The van der Waals surface area contributed by atoms with Gasteiger partial charge in [-0.05, 0) is 17.7 Å². The normalized spacial score (nSPS) is 11.1. The van der Waals surface area contributed by atoms with Gasteiger partial charge >= 0.3 is 0 Å². The Kier molecular flexibility index (Phi) is 2.87. The summed E-state index contributed by atoms with van der Waals surface area (Å²) >= 11 is 5.88. The molecular formula is C12H7ClF2N4. The van der Waals surface area contributed by atoms with E-state index in [-0.39, 0.29) is 5.15 Å². The van der Waals surface area contributed by atoms with E-state index in [9.17, 15) is 8.78 Å². The summed E-state index contributed by atoms with van der Waals surface area (Å²) in [7, 11) is 0. The number of fused-ring (bicyclic) bond motifs is 1. The molecule has 0 saturated heterocycles. The Morgan fingerprint density at radius 3 is 2.79 bits per heavy atom. The highest BCUT2D eigenvalue weighted by Gasteiger charge is 2.10. The van der Waals surface area contributed by atoms with Crippen LogP contribution in [0.1, 0.15) is 11.4 Å². The molecule has 0 N–H and O–H groups in total. The van der Waals surface area contributed by atoms with Gasteiger partial charge in [-0.15, -0.1) is 10.2 Å². The van der Waals surface area contributed by atoms with Crippen molar-refractivity contribution in [2.45, 2.75) is 6.42 Å². The zero-order valence-corrected chi connectivity index (χ0v) is 10.3. The van der Waals surface area contributed by atoms with Crippen LogP contribution in [0.25, 0.3) is 5.65 Å². The van der Waals surface area contributed by atoms with Crippen LogP contribution in [-0.4, -0.2) is 19.6 Å². The Morgan fingerprint density at radius 2 is 2.00 bits per heavy atom. The van der Waals surface area contributed by atoms with Gasteiger partial charge in [0.05, 0.1) is 0 Å². The largest absolute Gasteiger partial charge is 0.282 e. The minimum atomic E-state index is -0.883. The lowest BCUT2D eigenvalue weighted by Gasteiger charge is -2.01. The van der Waals surface area contributed by atoms with E-state index in [1.54, 1.807) is 10.6 Å². The Hall–Kier alpha value is -2.08. The van der Waals surface area contributed by atoms with E-state index in [4.69, 9.17) is 11.6 Å². The third kappa shape index (κ3) is 2.15. The molecule has 7 heteroatoms. The van der Waals surface area contributed by atoms with Crippen molar-refractivity contribution >= 4 is 17.2 Å². The lowest BCUT2D eigenvalue weighted by Crippen LogP contribution is -1.98. The highest BCUT2D eigenvalue weighted by Crippen LogP contribution is 2.16. The Balaban J connectivity index is 2.01. The smallest absolute Gasteiger partial charge is 0.198 e. The van der Waals surface area contributed by atoms with Crippen LogP contribution in [0.2, 0.25) is 5.15 Å². The molecule has 1 aromatic carbocycles. The second kappa shape index (κ2) is 4.55. The molecule has 0 aliphatic rings. The lowest BCUT2D eigenvalue weighted by atomic mass is 10.1. The van der Waals surface area contributed by atoms with Crippen LogP contribution in [0.15, 0.2) is 30.6 Å². The molecule has 0 aliphatic heterocycles. The maximum Gasteiger partial charge on any atom is 0.198 e. The van der Waals surface area contributed by atoms with Crippen molar-refractivity contribution in [1.29, 1.82) is 0 Å². The van der Waals surface area contributed by atoms with Crippen molar-refractivity contribution in [3.05, 3.63) is 58.8 Å². The van der Waals surface area contributed by atoms with E-state index in [0.29, 0.717) is 23.5 Å². The molecule has 0 fully saturated rings. The fourth-order valence-corrected chi connectivity index (χ4v) is 1.98. The average molecular weight is 281 g/mol. The molecule has 0 unspecified atom stereocenters. The Labute approximate surface area is 111 Å². The van der Waals surface area contributed by atoms with E-state index in [2.05, 4.69) is 15.2 Å². The first kappa shape index (κ1) is 12.0. The summed E-state index contributed by atoms with van der Waals surface area (Å²) in [6.07, 6.45) is 3.50. The summed E-state index contributed by atoms with van der Waals surface area (Å²) in [6.45, 7) is 0. The molecule has 2 heterocycles. The molecule has 0 bridgehead atoms. The van der Waals surface area contributed by atoms with Gasteiger partial charge in [-0.25, -0.2) is 13.8 Å². The first-order valence-corrected chi connectivity index (χ1v) is 5.81. The quantitative estimate of drug-likeness (QED) is 0.725. The van der Waals surface area contributed by atoms with E-state index < -0.39 is 11.6 Å². The van der Waals surface area contributed by atoms with Gasteiger partial charge in [-0.3, -0.25) is 4.40 Å². The molecule has 0 aliphatic carbocycles. The summed E-state index contributed by atoms with van der Waals surface area (Å²) in [6, 6.07) is 3.73. The molecule has 3 aromatic rings. The third-order valence-corrected chi connectivity index (χ3v) is 2.97. The minimum Gasteiger partial charge on any atom is -0.282 e. The zero-order valence-electron chi connectivity index (χ0n) is 9.52. The van der Waals surface area contributed by atoms with Crippen molar-refractivity contribution in [3.63, 3.8) is 0 Å². The van der Waals surface area contributed by atoms with Gasteiger partial charge in [-0.1, -0.05) is 17.7 Å². The number of rotatable bonds is 2. The lowest BCUT2D eigenvalue weighted by molar-refractivity contribution is 0.507. The third-order valence-electron chi connectivity index (χ3n) is 2.70. The summed E-state index contributed by atoms with van der Waals surface area (Å²) in [4.78, 5) is 3.89. The van der Waals surface area contributed by atoms with Crippen LogP contribution in [0.3, 0.4) is 0 Å². The number of hydrogen-bond acceptors (Lipinski definition) is 3. The first-order valence-electron chi connectivity index (χ1n) is 5.43. The molecule has 0 radical (unpaired) electrons. The van der Waals surface area contributed by atoms with Gasteiger partial charge in [0.2, 0.25) is 0 Å². The van der Waals surface area contributed by atoms with Crippen LogP contribution >= 0.6 is 11.6 Å². The van der Waals surface area contributed by atoms with Crippen LogP contribution in [-0.2, 0) is 6.42 Å². The van der Waals surface area contributed by atoms with E-state index in [1.807, 2.05) is 0 Å². The topological polar surface area (TPSA) is 43.1 Å². The first-order chi connectivity index (χ1) is 9.15. The molecule has 19 heavy (non-hydrogen) atoms. The molecule has 0 spiro atoms. The monoisotopic (exact) mass is 280 g/mol. The molecule has 0 amide bonds. The number of hydrogen-bond donors (Lipinski definition) is 0. The van der Waals surface area contributed by atoms with Gasteiger partial charge in [0.25, 0.3) is 0 Å². The van der Waals surface area contributed by atoms with E-state index in [1.165, 1.54) is 12.3 Å². The number of benzene rings is 1. The predicted octanol–water partition coefficient (Wildman–Crippen LogP) is 2.65. The predicted molar refractivity (Wildman–Crippen MR) is 65.0 cm³/mol. The van der Waals surface area contributed by atoms with Crippen molar-refractivity contribution in [2.75, 3.05) is 0 Å². The van der Waals surface area contributed by atoms with Gasteiger partial charge in [-0.2, -0.15) is 0 Å². The second-order valence-corrected chi connectivity index (χ2v) is 4.31. The molecular weight excluding hydrogens is 274 g/mol. The average Bonchev–Trinajstić information content (AvgIpc) is 2.79. The van der Waals surface area contributed by atoms with Crippen molar-refractivity contribution in [1.82, 2.24) is 19.6 Å². The molecule has 0 saturated carbocycles. The fourth-order valence-electron chi connectivity index (χ4n) is 1.80. The SMILES string of the molecule is Fc1ccc(Cc2nnc3c(Cl)nccn23)cc1F. The summed E-state index contributed by atoms with van der Waals surface area (Å²) in [5, 5.41) is 8.12. The van der Waals surface area contributed by atoms with E-state index in [0.717, 1.165) is 12.1 Å². The molecule has 3 rings (SSSR count). The fraction of sp³-hybridized carbons (Fsp3) is 0.0833. The van der Waals surface area contributed by atoms with Crippen LogP contribution in [0.4, 0.5) is 8.78 Å². The van der Waals surface area contributed by atoms with Gasteiger partial charge in [0, 0.05) is 18.8 Å². The zero-order chi connectivity index (χ0) is 13.4. The van der Waals surface area contributed by atoms with Crippen LogP contribution in [0, 0.1) is 11.6 Å². The number of halogens is 3. The summed E-state index contributed by atoms with van der Waals surface area (Å²) in [5.41, 5.74) is 1.03. The highest BCUT2D eigenvalue weighted by molar-refractivity contribution is 6.32. The van der Waals surface area contributed by atoms with Gasteiger partial charge in [0.1, 0.15) is 5.82 Å². The Bertz CT molecular complexity index is 757. The minimum absolute atomic E-state index is 0.242. The van der Waals surface area contributed by atoms with Crippen LogP contribution < -0.4 is 0 Å². The van der Waals surface area contributed by atoms with Crippen LogP contribution in [0.5, 0.6) is 0 Å². The Morgan fingerprint density at radius 1 is 1.16 bits per heavy atom. The van der Waals surface area contributed by atoms with Crippen molar-refractivity contribution < 1.29 is 8.78 Å². The second-order valence-electron chi connectivity index (χ2n) is 3.95. The number of aromatic nitrogens is 4. The standard InChI is InChI=1S/C12H7ClF2N4/c13-11-12-18-17-10(19(12)4-3-16-11)6-7-1-2-8(14)9(15)5-7/h1-5H,6H2. The summed E-state index contributed by atoms with van der Waals surface area (Å²) < 4.78 is 27.6. The maximum atomic E-state index is 13.1. The molecule has 96 valence electrons. The number of nitrogens with zero attached hydrogens (tertiary/aromatic N) is 4. The molecule has 4 nitrogen and oxygen atoms in total. The molecule has 2 aromatic heterocycles. The van der Waals surface area contributed by atoms with Gasteiger partial charge in [0.15, 0.2) is 22.4 Å². The highest BCUT2D eigenvalue weighted by atomic mass is 35.5. The molecule has 0 atom stereocenters. The van der Waals surface area contributed by atoms with Crippen molar-refractivity contribution in [2.24, 2.45) is 0 Å². The maximum absolute atomic E-state index is 13.1. The summed E-state index contributed by atoms with van der Waals surface area (Å²) in [5.74, 6) is -1.18.